The van der Waals surface area contributed by atoms with Crippen LogP contribution in [0.25, 0.3) is 0 Å². The van der Waals surface area contributed by atoms with Crippen molar-refractivity contribution in [3.63, 3.8) is 0 Å². The number of nitro groups is 1. The minimum Gasteiger partial charge on any atom is -0.491 e. The molecule has 2 N–H and O–H groups in total. The predicted octanol–water partition coefficient (Wildman–Crippen LogP) is 3.17. The van der Waals surface area contributed by atoms with Crippen molar-refractivity contribution >= 4 is 22.9 Å². The first-order valence-electron chi connectivity index (χ1n) is 8.73. The molecule has 0 spiro atoms. The lowest BCUT2D eigenvalue weighted by molar-refractivity contribution is -0.384. The minimum absolute atomic E-state index is 0.161. The molecular formula is C19H18FN5O5. The second-order valence-electron chi connectivity index (χ2n) is 5.96. The van der Waals surface area contributed by atoms with Gasteiger partial charge in [0, 0.05) is 24.9 Å². The summed E-state index contributed by atoms with van der Waals surface area (Å²) >= 11 is 0. The number of anilines is 2. The van der Waals surface area contributed by atoms with Gasteiger partial charge in [0.05, 0.1) is 23.4 Å². The third-order valence-electron chi connectivity index (χ3n) is 3.82. The molecule has 0 aliphatic carbocycles. The first kappa shape index (κ1) is 20.7. The van der Waals surface area contributed by atoms with Crippen molar-refractivity contribution in [3.05, 3.63) is 76.3 Å². The van der Waals surface area contributed by atoms with Gasteiger partial charge in [-0.25, -0.2) is 9.38 Å². The molecule has 1 heterocycles. The van der Waals surface area contributed by atoms with Crippen LogP contribution in [0.15, 0.2) is 59.7 Å². The number of hydrogen-bond donors (Lipinski definition) is 2. The van der Waals surface area contributed by atoms with Crippen LogP contribution in [-0.2, 0) is 4.74 Å². The molecule has 0 fully saturated rings. The first-order chi connectivity index (χ1) is 14.5. The second-order valence-corrected chi connectivity index (χ2v) is 5.96. The maximum atomic E-state index is 14.2. The van der Waals surface area contributed by atoms with Gasteiger partial charge in [0.25, 0.3) is 11.3 Å². The van der Waals surface area contributed by atoms with Crippen LogP contribution in [0.4, 0.5) is 27.3 Å². The Morgan fingerprint density at radius 1 is 1.27 bits per heavy atom. The number of nitrogens with one attached hydrogen (secondary N) is 1. The molecule has 0 saturated carbocycles. The molecule has 1 aromatic heterocycles. The molecule has 0 unspecified atom stereocenters. The van der Waals surface area contributed by atoms with Gasteiger partial charge in [0.2, 0.25) is 0 Å². The van der Waals surface area contributed by atoms with E-state index < -0.39 is 10.7 Å². The van der Waals surface area contributed by atoms with E-state index >= 15 is 0 Å². The highest BCUT2D eigenvalue weighted by atomic mass is 19.1. The van der Waals surface area contributed by atoms with Crippen LogP contribution in [0.3, 0.4) is 0 Å². The number of non-ortho nitro benzene ring substituents is 1. The molecule has 11 heteroatoms. The molecular weight excluding hydrogens is 397 g/mol. The maximum absolute atomic E-state index is 14.2. The fourth-order valence-electron chi connectivity index (χ4n) is 2.40. The van der Waals surface area contributed by atoms with Crippen LogP contribution in [0.1, 0.15) is 0 Å². The van der Waals surface area contributed by atoms with Crippen molar-refractivity contribution in [3.8, 4) is 5.75 Å². The summed E-state index contributed by atoms with van der Waals surface area (Å²) in [6.07, 6.45) is 0.785. The maximum Gasteiger partial charge on any atom is 0.271 e. The summed E-state index contributed by atoms with van der Waals surface area (Å²) in [4.78, 5) is 18.5. The Kier molecular flexibility index (Phi) is 6.55. The zero-order valence-corrected chi connectivity index (χ0v) is 15.9. The summed E-state index contributed by atoms with van der Waals surface area (Å²) in [5.74, 6) is -0.508. The van der Waals surface area contributed by atoms with Crippen LogP contribution >= 0.6 is 0 Å². The molecule has 156 valence electrons. The van der Waals surface area contributed by atoms with Crippen molar-refractivity contribution in [1.82, 2.24) is 9.71 Å². The Hall–Kier alpha value is -3.99. The largest absolute Gasteiger partial charge is 0.491 e. The predicted molar refractivity (Wildman–Crippen MR) is 105 cm³/mol. The Bertz CT molecular complexity index is 1100. The zero-order chi connectivity index (χ0) is 21.5. The molecule has 2 aromatic carbocycles. The number of ether oxygens (including phenoxy) is 2. The third-order valence-corrected chi connectivity index (χ3v) is 3.82. The van der Waals surface area contributed by atoms with Crippen molar-refractivity contribution < 1.29 is 24.0 Å². The average molecular weight is 415 g/mol. The number of halogens is 1. The molecule has 0 aliphatic heterocycles. The highest BCUT2D eigenvalue weighted by Crippen LogP contribution is 2.21. The Balaban J connectivity index is 1.86. The normalized spacial score (nSPS) is 11.3. The summed E-state index contributed by atoms with van der Waals surface area (Å²) in [6.45, 7) is 0.853. The molecule has 0 radical (unpaired) electrons. The van der Waals surface area contributed by atoms with Gasteiger partial charge in [-0.1, -0.05) is 6.07 Å². The number of benzene rings is 2. The van der Waals surface area contributed by atoms with E-state index in [1.54, 1.807) is 31.4 Å². The van der Waals surface area contributed by atoms with Gasteiger partial charge in [-0.3, -0.25) is 10.1 Å². The van der Waals surface area contributed by atoms with E-state index in [9.17, 15) is 19.7 Å². The summed E-state index contributed by atoms with van der Waals surface area (Å²) in [7, 11) is 1.58. The summed E-state index contributed by atoms with van der Waals surface area (Å²) in [5.41, 5.74) is 0.343. The lowest BCUT2D eigenvalue weighted by atomic mass is 10.3. The standard InChI is InChI=1S/C19H18FN5O5/c1-29-9-10-30-16-7-5-13(6-8-16)22-19-23-18(17(20)12-24(19)26)21-14-3-2-4-15(11-14)25(27)28/h2-8,11-12,26H,9-10H2,1H3,(H,21,22,23). The van der Waals surface area contributed by atoms with Crippen LogP contribution in [0.5, 0.6) is 5.75 Å². The zero-order valence-electron chi connectivity index (χ0n) is 15.9. The van der Waals surface area contributed by atoms with E-state index in [1.165, 1.54) is 24.3 Å². The van der Waals surface area contributed by atoms with Crippen LogP contribution in [0.2, 0.25) is 0 Å². The third kappa shape index (κ3) is 5.29. The van der Waals surface area contributed by atoms with E-state index in [4.69, 9.17) is 9.47 Å². The van der Waals surface area contributed by atoms with Crippen molar-refractivity contribution in [2.45, 2.75) is 0 Å². The molecule has 3 rings (SSSR count). The van der Waals surface area contributed by atoms with Gasteiger partial charge in [-0.05, 0) is 30.3 Å². The number of hydrogen-bond acceptors (Lipinski definition) is 8. The van der Waals surface area contributed by atoms with E-state index in [1.807, 2.05) is 0 Å². The van der Waals surface area contributed by atoms with Gasteiger partial charge in [0.15, 0.2) is 11.6 Å². The lowest BCUT2D eigenvalue weighted by Crippen LogP contribution is -2.24. The summed E-state index contributed by atoms with van der Waals surface area (Å²) in [6, 6.07) is 12.2. The highest BCUT2D eigenvalue weighted by Gasteiger charge is 2.11. The number of rotatable bonds is 8. The highest BCUT2D eigenvalue weighted by molar-refractivity contribution is 5.59. The van der Waals surface area contributed by atoms with E-state index in [-0.39, 0.29) is 22.8 Å². The van der Waals surface area contributed by atoms with E-state index in [0.29, 0.717) is 29.4 Å². The lowest BCUT2D eigenvalue weighted by Gasteiger charge is -2.08. The van der Waals surface area contributed by atoms with Crippen LogP contribution in [0, 0.1) is 15.9 Å². The van der Waals surface area contributed by atoms with Gasteiger partial charge in [0.1, 0.15) is 12.4 Å². The molecule has 0 aliphatic rings. The topological polar surface area (TPSA) is 124 Å². The molecule has 3 aromatic rings. The van der Waals surface area contributed by atoms with E-state index in [0.717, 1.165) is 6.20 Å². The number of methoxy groups -OCH3 is 1. The molecule has 30 heavy (non-hydrogen) atoms. The molecule has 0 atom stereocenters. The summed E-state index contributed by atoms with van der Waals surface area (Å²) < 4.78 is 25.0. The number of aromatic nitrogens is 2. The minimum atomic E-state index is -0.871. The molecule has 0 amide bonds. The Morgan fingerprint density at radius 2 is 2.03 bits per heavy atom. The monoisotopic (exact) mass is 415 g/mol. The van der Waals surface area contributed by atoms with Crippen LogP contribution in [-0.4, -0.2) is 40.2 Å². The SMILES string of the molecule is COCCOc1ccc(N=c2nc(Nc3cccc([N+](=O)[O-])c3)c(F)cn2O)cc1. The van der Waals surface area contributed by atoms with Gasteiger partial charge in [-0.15, -0.1) is 0 Å². The van der Waals surface area contributed by atoms with Gasteiger partial charge >= 0.3 is 0 Å². The number of nitrogens with zero attached hydrogens (tertiary/aromatic N) is 4. The quantitative estimate of drug-likeness (QED) is 0.251. The second kappa shape index (κ2) is 9.47. The molecule has 0 bridgehead atoms. The molecule has 10 nitrogen and oxygen atoms in total. The van der Waals surface area contributed by atoms with E-state index in [2.05, 4.69) is 15.3 Å². The number of nitro benzene ring substituents is 1. The van der Waals surface area contributed by atoms with Crippen LogP contribution < -0.4 is 15.7 Å². The van der Waals surface area contributed by atoms with Gasteiger partial charge < -0.3 is 20.0 Å². The van der Waals surface area contributed by atoms with Crippen molar-refractivity contribution in [2.24, 2.45) is 4.99 Å². The smallest absolute Gasteiger partial charge is 0.271 e. The average Bonchev–Trinajstić information content (AvgIpc) is 2.73. The Morgan fingerprint density at radius 3 is 2.73 bits per heavy atom. The summed E-state index contributed by atoms with van der Waals surface area (Å²) in [5, 5.41) is 23.5. The van der Waals surface area contributed by atoms with Gasteiger partial charge in [-0.2, -0.15) is 9.71 Å². The van der Waals surface area contributed by atoms with Crippen molar-refractivity contribution in [1.29, 1.82) is 0 Å². The first-order valence-corrected chi connectivity index (χ1v) is 8.73. The van der Waals surface area contributed by atoms with Crippen molar-refractivity contribution in [2.75, 3.05) is 25.6 Å². The molecule has 0 saturated heterocycles. The Labute approximate surface area is 170 Å². The fourth-order valence-corrected chi connectivity index (χ4v) is 2.40. The fraction of sp³-hybridized carbons (Fsp3) is 0.158.